The summed E-state index contributed by atoms with van der Waals surface area (Å²) in [4.78, 5) is 15.4. The number of hydrogen-bond donors (Lipinski definition) is 1. The summed E-state index contributed by atoms with van der Waals surface area (Å²) in [5.41, 5.74) is 2.52. The van der Waals surface area contributed by atoms with Crippen molar-refractivity contribution >= 4 is 11.4 Å². The fourth-order valence-corrected chi connectivity index (χ4v) is 4.69. The van der Waals surface area contributed by atoms with Crippen LogP contribution in [0.15, 0.2) is 48.5 Å². The summed E-state index contributed by atoms with van der Waals surface area (Å²) in [6.45, 7) is 5.32. The maximum atomic E-state index is 10.9. The molecular formula is C24H32N4O3. The highest BCUT2D eigenvalue weighted by Gasteiger charge is 2.25. The molecule has 0 bridgehead atoms. The lowest BCUT2D eigenvalue weighted by Crippen LogP contribution is -2.46. The lowest BCUT2D eigenvalue weighted by molar-refractivity contribution is -0.384. The van der Waals surface area contributed by atoms with Gasteiger partial charge >= 0.3 is 0 Å². The molecule has 31 heavy (non-hydrogen) atoms. The van der Waals surface area contributed by atoms with E-state index in [2.05, 4.69) is 27.2 Å². The van der Waals surface area contributed by atoms with Crippen LogP contribution in [0.25, 0.3) is 0 Å². The lowest BCUT2D eigenvalue weighted by atomic mass is 9.99. The fraction of sp³-hybridized carbons (Fsp3) is 0.500. The average Bonchev–Trinajstić information content (AvgIpc) is 3.32. The number of ether oxygens (including phenoxy) is 1. The molecule has 2 aromatic rings. The van der Waals surface area contributed by atoms with Crippen LogP contribution in [0.3, 0.4) is 0 Å². The van der Waals surface area contributed by atoms with Gasteiger partial charge in [0, 0.05) is 49.5 Å². The molecule has 166 valence electrons. The summed E-state index contributed by atoms with van der Waals surface area (Å²) < 4.78 is 5.33. The molecule has 1 N–H and O–H groups in total. The summed E-state index contributed by atoms with van der Waals surface area (Å²) in [7, 11) is 1.70. The molecule has 0 unspecified atom stereocenters. The monoisotopic (exact) mass is 424 g/mol. The minimum atomic E-state index is -0.348. The van der Waals surface area contributed by atoms with E-state index in [0.717, 1.165) is 43.9 Å². The predicted octanol–water partition coefficient (Wildman–Crippen LogP) is 4.00. The Hall–Kier alpha value is -2.64. The summed E-state index contributed by atoms with van der Waals surface area (Å²) >= 11 is 0. The Labute approximate surface area is 184 Å². The van der Waals surface area contributed by atoms with Gasteiger partial charge in [-0.25, -0.2) is 0 Å². The topological polar surface area (TPSA) is 70.9 Å². The predicted molar refractivity (Wildman–Crippen MR) is 123 cm³/mol. The van der Waals surface area contributed by atoms with Gasteiger partial charge in [-0.3, -0.25) is 10.1 Å². The fourth-order valence-electron chi connectivity index (χ4n) is 4.69. The zero-order valence-corrected chi connectivity index (χ0v) is 18.2. The summed E-state index contributed by atoms with van der Waals surface area (Å²) in [6, 6.07) is 16.1. The Bertz CT molecular complexity index is 842. The maximum absolute atomic E-state index is 10.9. The van der Waals surface area contributed by atoms with Crippen molar-refractivity contribution in [1.29, 1.82) is 0 Å². The second-order valence-corrected chi connectivity index (χ2v) is 8.53. The molecule has 0 saturated carbocycles. The van der Waals surface area contributed by atoms with Gasteiger partial charge in [-0.15, -0.1) is 0 Å². The van der Waals surface area contributed by atoms with Gasteiger partial charge in [-0.2, -0.15) is 0 Å². The smallest absolute Gasteiger partial charge is 0.269 e. The van der Waals surface area contributed by atoms with Crippen LogP contribution >= 0.6 is 0 Å². The van der Waals surface area contributed by atoms with Crippen molar-refractivity contribution in [2.75, 3.05) is 44.7 Å². The first-order valence-electron chi connectivity index (χ1n) is 11.2. The Morgan fingerprint density at radius 1 is 1.03 bits per heavy atom. The minimum absolute atomic E-state index is 0.143. The number of anilines is 1. The number of benzene rings is 2. The Balaban J connectivity index is 1.37. The zero-order valence-electron chi connectivity index (χ0n) is 18.2. The first-order chi connectivity index (χ1) is 15.1. The number of nitrogens with one attached hydrogen (secondary N) is 1. The van der Waals surface area contributed by atoms with Crippen LogP contribution in [0.4, 0.5) is 11.4 Å². The third kappa shape index (κ3) is 5.54. The molecule has 2 aromatic carbocycles. The third-order valence-electron chi connectivity index (χ3n) is 6.52. The number of nitro groups is 1. The van der Waals surface area contributed by atoms with E-state index in [1.54, 1.807) is 19.2 Å². The largest absolute Gasteiger partial charge is 0.497 e. The zero-order chi connectivity index (χ0) is 21.6. The van der Waals surface area contributed by atoms with Crippen molar-refractivity contribution in [2.24, 2.45) is 0 Å². The van der Waals surface area contributed by atoms with Crippen LogP contribution < -0.4 is 15.0 Å². The SMILES string of the molecule is COc1ccc([C@@H](CN2CCCC2)NC2CCN(c3ccc([N+](=O)[O-])cc3)CC2)cc1. The number of methoxy groups -OCH3 is 1. The van der Waals surface area contributed by atoms with Gasteiger partial charge in [0.25, 0.3) is 5.69 Å². The second-order valence-electron chi connectivity index (χ2n) is 8.53. The molecule has 0 radical (unpaired) electrons. The van der Waals surface area contributed by atoms with Gasteiger partial charge in [0.05, 0.1) is 12.0 Å². The molecule has 2 aliphatic rings. The van der Waals surface area contributed by atoms with Crippen LogP contribution in [0.5, 0.6) is 5.75 Å². The quantitative estimate of drug-likeness (QED) is 0.510. The summed E-state index contributed by atoms with van der Waals surface area (Å²) in [5.74, 6) is 0.889. The Kier molecular flexibility index (Phi) is 7.04. The van der Waals surface area contributed by atoms with E-state index in [1.807, 2.05) is 24.3 Å². The van der Waals surface area contributed by atoms with Crippen molar-refractivity contribution in [3.8, 4) is 5.75 Å². The normalized spacial score (nSPS) is 18.8. The molecule has 4 rings (SSSR count). The Morgan fingerprint density at radius 3 is 2.26 bits per heavy atom. The van der Waals surface area contributed by atoms with Crippen LogP contribution in [0, 0.1) is 10.1 Å². The molecule has 0 spiro atoms. The average molecular weight is 425 g/mol. The molecule has 0 aromatic heterocycles. The van der Waals surface area contributed by atoms with Crippen LogP contribution in [0.2, 0.25) is 0 Å². The highest BCUT2D eigenvalue weighted by atomic mass is 16.6. The van der Waals surface area contributed by atoms with Crippen molar-refractivity contribution in [2.45, 2.75) is 37.8 Å². The number of nitro benzene ring substituents is 1. The van der Waals surface area contributed by atoms with Gasteiger partial charge in [0.15, 0.2) is 0 Å². The van der Waals surface area contributed by atoms with E-state index in [0.29, 0.717) is 12.1 Å². The standard InChI is InChI=1S/C24H32N4O3/c1-31-23-10-4-19(5-11-23)24(18-26-14-2-3-15-26)25-20-12-16-27(17-13-20)21-6-8-22(9-7-21)28(29)30/h4-11,20,24-25H,2-3,12-18H2,1H3/t24-/m1/s1. The number of rotatable bonds is 8. The van der Waals surface area contributed by atoms with E-state index in [1.165, 1.54) is 31.5 Å². The molecule has 1 atom stereocenters. The molecule has 0 amide bonds. The number of likely N-dealkylation sites (tertiary alicyclic amines) is 1. The highest BCUT2D eigenvalue weighted by Crippen LogP contribution is 2.26. The van der Waals surface area contributed by atoms with Gasteiger partial charge in [-0.1, -0.05) is 12.1 Å². The molecular weight excluding hydrogens is 392 g/mol. The van der Waals surface area contributed by atoms with Crippen molar-refractivity contribution in [3.05, 3.63) is 64.2 Å². The second kappa shape index (κ2) is 10.1. The molecule has 2 fully saturated rings. The number of non-ortho nitro benzene ring substituents is 1. The first-order valence-corrected chi connectivity index (χ1v) is 11.2. The van der Waals surface area contributed by atoms with Crippen LogP contribution in [-0.4, -0.2) is 55.7 Å². The summed E-state index contributed by atoms with van der Waals surface area (Å²) in [5, 5.41) is 14.8. The minimum Gasteiger partial charge on any atom is -0.497 e. The van der Waals surface area contributed by atoms with Crippen LogP contribution in [-0.2, 0) is 0 Å². The molecule has 2 heterocycles. The van der Waals surface area contributed by atoms with E-state index >= 15 is 0 Å². The van der Waals surface area contributed by atoms with Crippen LogP contribution in [0.1, 0.15) is 37.3 Å². The van der Waals surface area contributed by atoms with E-state index < -0.39 is 0 Å². The maximum Gasteiger partial charge on any atom is 0.269 e. The van der Waals surface area contributed by atoms with Crippen molar-refractivity contribution in [1.82, 2.24) is 10.2 Å². The van der Waals surface area contributed by atoms with E-state index in [-0.39, 0.29) is 10.6 Å². The van der Waals surface area contributed by atoms with Crippen molar-refractivity contribution in [3.63, 3.8) is 0 Å². The molecule has 2 saturated heterocycles. The highest BCUT2D eigenvalue weighted by molar-refractivity contribution is 5.51. The Morgan fingerprint density at radius 2 is 1.68 bits per heavy atom. The van der Waals surface area contributed by atoms with Gasteiger partial charge in [0.2, 0.25) is 0 Å². The first kappa shape index (κ1) is 21.6. The number of hydrogen-bond acceptors (Lipinski definition) is 6. The number of nitrogens with zero attached hydrogens (tertiary/aromatic N) is 3. The summed E-state index contributed by atoms with van der Waals surface area (Å²) in [6.07, 6.45) is 4.71. The molecule has 2 aliphatic heterocycles. The van der Waals surface area contributed by atoms with E-state index in [9.17, 15) is 10.1 Å². The van der Waals surface area contributed by atoms with Gasteiger partial charge in [0.1, 0.15) is 5.75 Å². The molecule has 7 heteroatoms. The van der Waals surface area contributed by atoms with Gasteiger partial charge < -0.3 is 19.9 Å². The molecule has 7 nitrogen and oxygen atoms in total. The third-order valence-corrected chi connectivity index (χ3v) is 6.52. The number of piperidine rings is 1. The molecule has 0 aliphatic carbocycles. The van der Waals surface area contributed by atoms with Gasteiger partial charge in [-0.05, 0) is 68.6 Å². The van der Waals surface area contributed by atoms with E-state index in [4.69, 9.17) is 4.74 Å². The van der Waals surface area contributed by atoms with Crippen molar-refractivity contribution < 1.29 is 9.66 Å². The lowest BCUT2D eigenvalue weighted by Gasteiger charge is -2.36.